The molecule has 2 aromatic heterocycles. The number of hydrogen-bond acceptors (Lipinski definition) is 7. The summed E-state index contributed by atoms with van der Waals surface area (Å²) in [5.74, 6) is 0.789. The van der Waals surface area contributed by atoms with Gasteiger partial charge < -0.3 is 15.0 Å². The number of fused-ring (bicyclic) bond motifs is 1. The molecule has 0 saturated carbocycles. The quantitative estimate of drug-likeness (QED) is 0.203. The van der Waals surface area contributed by atoms with Gasteiger partial charge in [0.1, 0.15) is 10.4 Å². The van der Waals surface area contributed by atoms with Crippen LogP contribution in [0, 0.1) is 3.95 Å². The van der Waals surface area contributed by atoms with Crippen molar-refractivity contribution in [2.24, 2.45) is 0 Å². The highest BCUT2D eigenvalue weighted by Crippen LogP contribution is 2.25. The van der Waals surface area contributed by atoms with E-state index in [0.29, 0.717) is 32.6 Å². The van der Waals surface area contributed by atoms with Crippen LogP contribution in [-0.4, -0.2) is 39.3 Å². The number of thiazole rings is 1. The van der Waals surface area contributed by atoms with E-state index >= 15 is 0 Å². The van der Waals surface area contributed by atoms with Gasteiger partial charge in [-0.05, 0) is 55.4 Å². The standard InChI is InChI=1S/C23H22N4O3S3/c1-2-30-17-10-8-16(9-11-17)27-20-19(33-23(27)31)21(29)26-22(25-20)32-14-18(28)24-13-12-15-6-4-3-5-7-15/h3-11H,2,12-14H2,1H3,(H,24,28)(H,25,26,29). The van der Waals surface area contributed by atoms with Crippen molar-refractivity contribution in [3.05, 3.63) is 74.5 Å². The molecule has 0 aliphatic heterocycles. The van der Waals surface area contributed by atoms with Gasteiger partial charge in [-0.3, -0.25) is 14.2 Å². The van der Waals surface area contributed by atoms with Gasteiger partial charge in [0.2, 0.25) is 5.91 Å². The minimum Gasteiger partial charge on any atom is -0.494 e. The van der Waals surface area contributed by atoms with Gasteiger partial charge >= 0.3 is 0 Å². The molecule has 170 valence electrons. The number of benzene rings is 2. The monoisotopic (exact) mass is 498 g/mol. The Morgan fingerprint density at radius 1 is 1.21 bits per heavy atom. The highest BCUT2D eigenvalue weighted by atomic mass is 32.2. The van der Waals surface area contributed by atoms with Gasteiger partial charge in [0.05, 0.1) is 12.4 Å². The summed E-state index contributed by atoms with van der Waals surface area (Å²) >= 11 is 7.90. The van der Waals surface area contributed by atoms with Gasteiger partial charge in [-0.2, -0.15) is 0 Å². The number of nitrogens with one attached hydrogen (secondary N) is 2. The smallest absolute Gasteiger partial charge is 0.271 e. The number of nitrogens with zero attached hydrogens (tertiary/aromatic N) is 2. The molecule has 0 unspecified atom stereocenters. The summed E-state index contributed by atoms with van der Waals surface area (Å²) in [5.41, 5.74) is 2.16. The van der Waals surface area contributed by atoms with Gasteiger partial charge in [0.15, 0.2) is 14.8 Å². The van der Waals surface area contributed by atoms with Gasteiger partial charge in [-0.15, -0.1) is 0 Å². The molecular formula is C23H22N4O3S3. The second-order valence-corrected chi connectivity index (χ2v) is 9.64. The molecule has 0 fully saturated rings. The lowest BCUT2D eigenvalue weighted by Crippen LogP contribution is -2.27. The van der Waals surface area contributed by atoms with Crippen molar-refractivity contribution in [1.82, 2.24) is 19.9 Å². The first-order valence-corrected chi connectivity index (χ1v) is 12.6. The molecule has 0 radical (unpaired) electrons. The molecular weight excluding hydrogens is 476 g/mol. The Morgan fingerprint density at radius 3 is 2.70 bits per heavy atom. The lowest BCUT2D eigenvalue weighted by Gasteiger charge is -2.08. The van der Waals surface area contributed by atoms with E-state index in [1.807, 2.05) is 61.5 Å². The maximum absolute atomic E-state index is 12.6. The van der Waals surface area contributed by atoms with Crippen LogP contribution in [0.15, 0.2) is 64.5 Å². The van der Waals surface area contributed by atoms with Crippen molar-refractivity contribution in [3.63, 3.8) is 0 Å². The zero-order valence-electron chi connectivity index (χ0n) is 17.9. The van der Waals surface area contributed by atoms with Crippen molar-refractivity contribution >= 4 is 51.6 Å². The lowest BCUT2D eigenvalue weighted by molar-refractivity contribution is -0.118. The molecule has 0 spiro atoms. The fourth-order valence-electron chi connectivity index (χ4n) is 3.22. The first-order valence-electron chi connectivity index (χ1n) is 10.4. The van der Waals surface area contributed by atoms with Crippen LogP contribution >= 0.6 is 35.3 Å². The molecule has 0 atom stereocenters. The predicted octanol–water partition coefficient (Wildman–Crippen LogP) is 4.35. The van der Waals surface area contributed by atoms with E-state index in [4.69, 9.17) is 17.0 Å². The largest absolute Gasteiger partial charge is 0.494 e. The number of ether oxygens (including phenoxy) is 1. The van der Waals surface area contributed by atoms with Crippen LogP contribution in [0.5, 0.6) is 5.75 Å². The molecule has 0 bridgehead atoms. The fourth-order valence-corrected chi connectivity index (χ4v) is 5.18. The Morgan fingerprint density at radius 2 is 1.97 bits per heavy atom. The normalized spacial score (nSPS) is 10.9. The van der Waals surface area contributed by atoms with Crippen LogP contribution in [0.3, 0.4) is 0 Å². The second-order valence-electron chi connectivity index (χ2n) is 7.03. The van der Waals surface area contributed by atoms with Crippen LogP contribution in [0.1, 0.15) is 12.5 Å². The van der Waals surface area contributed by atoms with E-state index in [9.17, 15) is 9.59 Å². The maximum Gasteiger partial charge on any atom is 0.271 e. The van der Waals surface area contributed by atoms with Gasteiger partial charge in [0.25, 0.3) is 5.56 Å². The summed E-state index contributed by atoms with van der Waals surface area (Å²) in [4.78, 5) is 32.2. The molecule has 4 aromatic rings. The van der Waals surface area contributed by atoms with Crippen LogP contribution < -0.4 is 15.6 Å². The van der Waals surface area contributed by atoms with Crippen molar-refractivity contribution in [2.75, 3.05) is 18.9 Å². The molecule has 0 aliphatic carbocycles. The number of rotatable bonds is 9. The number of H-pyrrole nitrogens is 1. The molecule has 2 N–H and O–H groups in total. The number of aromatic nitrogens is 3. The van der Waals surface area contributed by atoms with Crippen molar-refractivity contribution in [1.29, 1.82) is 0 Å². The SMILES string of the molecule is CCOc1ccc(-n2c(=S)sc3c(=O)[nH]c(SCC(=O)NCCc4ccccc4)nc32)cc1. The van der Waals surface area contributed by atoms with Gasteiger partial charge in [-0.25, -0.2) is 4.98 Å². The number of carbonyl (C=O) groups is 1. The van der Waals surface area contributed by atoms with Crippen molar-refractivity contribution in [3.8, 4) is 11.4 Å². The number of amides is 1. The van der Waals surface area contributed by atoms with Crippen molar-refractivity contribution in [2.45, 2.75) is 18.5 Å². The molecule has 7 nitrogen and oxygen atoms in total. The third-order valence-electron chi connectivity index (χ3n) is 4.75. The number of hydrogen-bond donors (Lipinski definition) is 2. The Labute approximate surface area is 203 Å². The Balaban J connectivity index is 1.47. The Bertz CT molecular complexity index is 1360. The van der Waals surface area contributed by atoms with E-state index in [1.165, 1.54) is 23.1 Å². The summed E-state index contributed by atoms with van der Waals surface area (Å²) in [6, 6.07) is 17.4. The van der Waals surface area contributed by atoms with Gasteiger partial charge in [0, 0.05) is 12.2 Å². The van der Waals surface area contributed by atoms with E-state index in [0.717, 1.165) is 23.4 Å². The average molecular weight is 499 g/mol. The molecule has 2 aromatic carbocycles. The molecule has 1 amide bonds. The fraction of sp³-hybridized carbons (Fsp3) is 0.217. The van der Waals surface area contributed by atoms with E-state index in [-0.39, 0.29) is 17.2 Å². The minimum atomic E-state index is -0.271. The van der Waals surface area contributed by atoms with Crippen LogP contribution in [-0.2, 0) is 11.2 Å². The summed E-state index contributed by atoms with van der Waals surface area (Å²) in [5, 5.41) is 3.27. The first kappa shape index (κ1) is 23.2. The summed E-state index contributed by atoms with van der Waals surface area (Å²) in [6.45, 7) is 3.06. The zero-order chi connectivity index (χ0) is 23.2. The molecule has 4 rings (SSSR count). The average Bonchev–Trinajstić information content (AvgIpc) is 3.16. The van der Waals surface area contributed by atoms with Crippen LogP contribution in [0.2, 0.25) is 0 Å². The third kappa shape index (κ3) is 5.70. The molecule has 2 heterocycles. The second kappa shape index (κ2) is 10.8. The van der Waals surface area contributed by atoms with E-state index in [2.05, 4.69) is 15.3 Å². The van der Waals surface area contributed by atoms with Crippen LogP contribution in [0.25, 0.3) is 16.0 Å². The predicted molar refractivity (Wildman–Crippen MR) is 135 cm³/mol. The molecule has 10 heteroatoms. The molecule has 0 saturated heterocycles. The van der Waals surface area contributed by atoms with Gasteiger partial charge in [-0.1, -0.05) is 53.4 Å². The maximum atomic E-state index is 12.6. The first-order chi connectivity index (χ1) is 16.0. The summed E-state index contributed by atoms with van der Waals surface area (Å²) < 4.78 is 8.24. The lowest BCUT2D eigenvalue weighted by atomic mass is 10.1. The van der Waals surface area contributed by atoms with E-state index < -0.39 is 0 Å². The van der Waals surface area contributed by atoms with E-state index in [1.54, 1.807) is 4.57 Å². The topological polar surface area (TPSA) is 89.0 Å². The van der Waals surface area contributed by atoms with Crippen LogP contribution in [0.4, 0.5) is 0 Å². The highest BCUT2D eigenvalue weighted by Gasteiger charge is 2.15. The third-order valence-corrected chi connectivity index (χ3v) is 6.98. The summed E-state index contributed by atoms with van der Waals surface area (Å²) in [7, 11) is 0. The van der Waals surface area contributed by atoms with Crippen molar-refractivity contribution < 1.29 is 9.53 Å². The zero-order valence-corrected chi connectivity index (χ0v) is 20.3. The number of thioether (sulfide) groups is 1. The highest BCUT2D eigenvalue weighted by molar-refractivity contribution is 7.99. The Hall–Kier alpha value is -2.95. The molecule has 0 aliphatic rings. The Kier molecular flexibility index (Phi) is 7.58. The number of aromatic amines is 1. The number of carbonyl (C=O) groups excluding carboxylic acids is 1. The summed E-state index contributed by atoms with van der Waals surface area (Å²) in [6.07, 6.45) is 0.761. The molecule has 33 heavy (non-hydrogen) atoms. The minimum absolute atomic E-state index is 0.118.